The lowest BCUT2D eigenvalue weighted by Crippen LogP contribution is -2.50. The third kappa shape index (κ3) is 3.95. The summed E-state index contributed by atoms with van der Waals surface area (Å²) in [5.41, 5.74) is 0.335. The van der Waals surface area contributed by atoms with E-state index in [1.807, 2.05) is 56.3 Å². The lowest BCUT2D eigenvalue weighted by molar-refractivity contribution is -0.153. The molecule has 0 unspecified atom stereocenters. The van der Waals surface area contributed by atoms with Gasteiger partial charge in [-0.05, 0) is 43.7 Å². The molecule has 9 heteroatoms. The predicted octanol–water partition coefficient (Wildman–Crippen LogP) is 6.11. The molecule has 1 amide bonds. The van der Waals surface area contributed by atoms with Crippen molar-refractivity contribution in [1.82, 2.24) is 0 Å². The van der Waals surface area contributed by atoms with Crippen molar-refractivity contribution in [2.45, 2.75) is 50.9 Å². The minimum atomic E-state index is -4.60. The molecule has 1 atom stereocenters. The van der Waals surface area contributed by atoms with Crippen molar-refractivity contribution in [3.05, 3.63) is 77.2 Å². The van der Waals surface area contributed by atoms with E-state index in [1.54, 1.807) is 0 Å². The Balaban J connectivity index is 1.39. The van der Waals surface area contributed by atoms with E-state index in [1.165, 1.54) is 11.0 Å². The lowest BCUT2D eigenvalue weighted by Gasteiger charge is -2.43. The monoisotopic (exact) mass is 527 g/mol. The van der Waals surface area contributed by atoms with Crippen molar-refractivity contribution in [2.24, 2.45) is 5.41 Å². The number of hydrogen-bond acceptors (Lipinski definition) is 5. The predicted molar refractivity (Wildman–Crippen MR) is 132 cm³/mol. The number of furan rings is 1. The molecule has 6 rings (SSSR count). The molecule has 1 fully saturated rings. The van der Waals surface area contributed by atoms with Crippen LogP contribution >= 0.6 is 0 Å². The molecule has 2 aromatic carbocycles. The Bertz CT molecular complexity index is 1410. The van der Waals surface area contributed by atoms with Gasteiger partial charge in [-0.25, -0.2) is 0 Å². The Labute approximate surface area is 218 Å². The molecule has 0 radical (unpaired) electrons. The summed E-state index contributed by atoms with van der Waals surface area (Å²) in [6, 6.07) is 15.1. The number of carbonyl (C=O) groups excluding carboxylic acids is 1. The van der Waals surface area contributed by atoms with Crippen LogP contribution in [0.25, 0.3) is 0 Å². The number of amides is 1. The Morgan fingerprint density at radius 2 is 1.76 bits per heavy atom. The second-order valence-electron chi connectivity index (χ2n) is 11.4. The van der Waals surface area contributed by atoms with Crippen LogP contribution in [-0.2, 0) is 27.7 Å². The number of benzene rings is 2. The average molecular weight is 528 g/mol. The van der Waals surface area contributed by atoms with Gasteiger partial charge in [0.05, 0.1) is 26.4 Å². The molecule has 0 N–H and O–H groups in total. The van der Waals surface area contributed by atoms with Gasteiger partial charge in [-0.2, -0.15) is 13.2 Å². The molecule has 0 aliphatic carbocycles. The van der Waals surface area contributed by atoms with E-state index in [0.29, 0.717) is 49.0 Å². The van der Waals surface area contributed by atoms with E-state index in [9.17, 15) is 18.0 Å². The summed E-state index contributed by atoms with van der Waals surface area (Å²) in [6.45, 7) is 7.63. The molecule has 200 valence electrons. The summed E-state index contributed by atoms with van der Waals surface area (Å²) in [6.07, 6.45) is -4.24. The highest BCUT2D eigenvalue weighted by Gasteiger charge is 2.58. The summed E-state index contributed by atoms with van der Waals surface area (Å²) >= 11 is 0. The number of carbonyl (C=O) groups is 1. The van der Waals surface area contributed by atoms with Crippen LogP contribution in [0.2, 0.25) is 0 Å². The maximum atomic E-state index is 14.3. The largest absolute Gasteiger partial charge is 0.493 e. The fraction of sp³-hybridized carbons (Fsp3) is 0.414. The minimum absolute atomic E-state index is 0.0318. The smallest absolute Gasteiger partial charge is 0.449 e. The van der Waals surface area contributed by atoms with Gasteiger partial charge < -0.3 is 23.5 Å². The zero-order valence-corrected chi connectivity index (χ0v) is 21.4. The van der Waals surface area contributed by atoms with Crippen LogP contribution in [0, 0.1) is 5.41 Å². The number of nitrogens with zero attached hydrogens (tertiary/aromatic N) is 1. The van der Waals surface area contributed by atoms with E-state index >= 15 is 0 Å². The number of para-hydroxylation sites is 1. The highest BCUT2D eigenvalue weighted by molar-refractivity contribution is 6.11. The van der Waals surface area contributed by atoms with Crippen molar-refractivity contribution in [3.8, 4) is 11.5 Å². The van der Waals surface area contributed by atoms with Crippen LogP contribution in [-0.4, -0.2) is 31.3 Å². The lowest BCUT2D eigenvalue weighted by atomic mass is 9.67. The number of fused-ring (bicyclic) bond motifs is 4. The molecule has 38 heavy (non-hydrogen) atoms. The number of ether oxygens (including phenoxy) is 3. The van der Waals surface area contributed by atoms with Crippen LogP contribution in [0.3, 0.4) is 0 Å². The van der Waals surface area contributed by atoms with Gasteiger partial charge in [0.2, 0.25) is 11.7 Å². The van der Waals surface area contributed by atoms with Crippen molar-refractivity contribution in [1.29, 1.82) is 0 Å². The topological polar surface area (TPSA) is 61.1 Å². The SMILES string of the molecule is CC1(COc2ccc3c(c2)OC(C)(C)C[C@]32C(=O)N(Cc3ccc(C(F)(F)F)o3)c3ccccc32)COC1. The normalized spacial score (nSPS) is 23.0. The van der Waals surface area contributed by atoms with Crippen molar-refractivity contribution < 1.29 is 36.6 Å². The molecular weight excluding hydrogens is 499 g/mol. The number of rotatable bonds is 5. The molecule has 4 heterocycles. The molecule has 3 aliphatic rings. The molecule has 1 spiro atoms. The third-order valence-corrected chi connectivity index (χ3v) is 7.50. The standard InChI is InChI=1S/C29H28F3NO5/c1-26(2)14-28(21-10-8-18(12-23(21)38-26)36-17-27(3)15-35-16-27)20-6-4-5-7-22(20)33(25(28)34)13-19-9-11-24(37-19)29(30,31)32/h4-12H,13-17H2,1-3H3/t28-/m1/s1. The molecule has 3 aliphatic heterocycles. The molecule has 0 bridgehead atoms. The Hall–Kier alpha value is -3.46. The highest BCUT2D eigenvalue weighted by Crippen LogP contribution is 2.56. The summed E-state index contributed by atoms with van der Waals surface area (Å²) in [4.78, 5) is 15.9. The van der Waals surface area contributed by atoms with Gasteiger partial charge in [0.25, 0.3) is 0 Å². The van der Waals surface area contributed by atoms with Crippen LogP contribution in [0.15, 0.2) is 59.0 Å². The summed E-state index contributed by atoms with van der Waals surface area (Å²) < 4.78 is 62.2. The maximum absolute atomic E-state index is 14.3. The minimum Gasteiger partial charge on any atom is -0.493 e. The fourth-order valence-electron chi connectivity index (χ4n) is 5.77. The second-order valence-corrected chi connectivity index (χ2v) is 11.4. The van der Waals surface area contributed by atoms with E-state index in [-0.39, 0.29) is 23.6 Å². The first-order valence-electron chi connectivity index (χ1n) is 12.5. The van der Waals surface area contributed by atoms with E-state index in [4.69, 9.17) is 18.6 Å². The van der Waals surface area contributed by atoms with E-state index in [2.05, 4.69) is 6.92 Å². The van der Waals surface area contributed by atoms with Crippen LogP contribution in [0.4, 0.5) is 18.9 Å². The van der Waals surface area contributed by atoms with Crippen LogP contribution < -0.4 is 14.4 Å². The zero-order chi connectivity index (χ0) is 26.9. The Morgan fingerprint density at radius 1 is 1.00 bits per heavy atom. The van der Waals surface area contributed by atoms with Gasteiger partial charge in [-0.1, -0.05) is 31.2 Å². The molecule has 0 saturated carbocycles. The zero-order valence-electron chi connectivity index (χ0n) is 21.4. The number of halogens is 3. The maximum Gasteiger partial charge on any atom is 0.449 e. The molecular formula is C29H28F3NO5. The van der Waals surface area contributed by atoms with Gasteiger partial charge >= 0.3 is 6.18 Å². The van der Waals surface area contributed by atoms with Crippen molar-refractivity contribution >= 4 is 11.6 Å². The third-order valence-electron chi connectivity index (χ3n) is 7.50. The van der Waals surface area contributed by atoms with Gasteiger partial charge in [-0.3, -0.25) is 4.79 Å². The van der Waals surface area contributed by atoms with Gasteiger partial charge in [-0.15, -0.1) is 0 Å². The average Bonchev–Trinajstić information content (AvgIpc) is 3.40. The molecule has 3 aromatic rings. The second kappa shape index (κ2) is 8.27. The number of anilines is 1. The summed E-state index contributed by atoms with van der Waals surface area (Å²) in [5, 5.41) is 0. The molecule has 6 nitrogen and oxygen atoms in total. The first-order valence-corrected chi connectivity index (χ1v) is 12.5. The number of alkyl halides is 3. The van der Waals surface area contributed by atoms with Gasteiger partial charge in [0, 0.05) is 29.2 Å². The molecule has 1 aromatic heterocycles. The first-order chi connectivity index (χ1) is 17.9. The van der Waals surface area contributed by atoms with Crippen molar-refractivity contribution in [3.63, 3.8) is 0 Å². The van der Waals surface area contributed by atoms with E-state index < -0.39 is 23.0 Å². The first kappa shape index (κ1) is 24.9. The van der Waals surface area contributed by atoms with Crippen molar-refractivity contribution in [2.75, 3.05) is 24.7 Å². The Morgan fingerprint density at radius 3 is 2.45 bits per heavy atom. The molecule has 1 saturated heterocycles. The van der Waals surface area contributed by atoms with Crippen LogP contribution in [0.1, 0.15) is 49.8 Å². The van der Waals surface area contributed by atoms with Gasteiger partial charge in [0.15, 0.2) is 0 Å². The van der Waals surface area contributed by atoms with E-state index in [0.717, 1.165) is 11.6 Å². The summed E-state index contributed by atoms with van der Waals surface area (Å²) in [7, 11) is 0. The highest BCUT2D eigenvalue weighted by atomic mass is 19.4. The Kier molecular flexibility index (Phi) is 5.41. The quantitative estimate of drug-likeness (QED) is 0.401. The fourth-order valence-corrected chi connectivity index (χ4v) is 5.77. The summed E-state index contributed by atoms with van der Waals surface area (Å²) in [5.74, 6) is -0.0726. The van der Waals surface area contributed by atoms with Crippen LogP contribution in [0.5, 0.6) is 11.5 Å². The number of hydrogen-bond donors (Lipinski definition) is 0. The van der Waals surface area contributed by atoms with Gasteiger partial charge in [0.1, 0.15) is 28.3 Å².